The molecule has 0 spiro atoms. The van der Waals surface area contributed by atoms with Crippen molar-refractivity contribution in [1.82, 2.24) is 10.3 Å². The van der Waals surface area contributed by atoms with Crippen LogP contribution in [0.2, 0.25) is 0 Å². The second kappa shape index (κ2) is 6.12. The Hall–Kier alpha value is -1.94. The molecule has 0 unspecified atom stereocenters. The van der Waals surface area contributed by atoms with Crippen LogP contribution < -0.4 is 10.1 Å². The average Bonchev–Trinajstić information content (AvgIpc) is 2.40. The van der Waals surface area contributed by atoms with E-state index < -0.39 is 0 Å². The van der Waals surface area contributed by atoms with Crippen molar-refractivity contribution >= 4 is 0 Å². The van der Waals surface area contributed by atoms with Gasteiger partial charge < -0.3 is 10.1 Å². The second-order valence-corrected chi connectivity index (χ2v) is 3.84. The SMILES string of the molecule is CCNCc1ccc(Oc2cccnc2)c(F)c1. The predicted molar refractivity (Wildman–Crippen MR) is 68.1 cm³/mol. The van der Waals surface area contributed by atoms with Gasteiger partial charge in [-0.05, 0) is 36.4 Å². The molecule has 1 aromatic carbocycles. The third-order valence-electron chi connectivity index (χ3n) is 2.44. The highest BCUT2D eigenvalue weighted by Gasteiger charge is 2.05. The third kappa shape index (κ3) is 3.28. The normalized spacial score (nSPS) is 10.3. The zero-order chi connectivity index (χ0) is 12.8. The Bertz CT molecular complexity index is 502. The molecule has 0 atom stereocenters. The van der Waals surface area contributed by atoms with Gasteiger partial charge in [-0.15, -0.1) is 0 Å². The number of hydrogen-bond acceptors (Lipinski definition) is 3. The smallest absolute Gasteiger partial charge is 0.166 e. The van der Waals surface area contributed by atoms with Crippen LogP contribution in [0.15, 0.2) is 42.7 Å². The summed E-state index contributed by atoms with van der Waals surface area (Å²) in [5.74, 6) is 0.369. The van der Waals surface area contributed by atoms with Gasteiger partial charge in [0, 0.05) is 12.7 Å². The first-order valence-corrected chi connectivity index (χ1v) is 5.86. The van der Waals surface area contributed by atoms with Crippen LogP contribution in [0.3, 0.4) is 0 Å². The van der Waals surface area contributed by atoms with E-state index in [9.17, 15) is 4.39 Å². The summed E-state index contributed by atoms with van der Waals surface area (Å²) in [5.41, 5.74) is 0.896. The summed E-state index contributed by atoms with van der Waals surface area (Å²) in [6.07, 6.45) is 3.19. The molecule has 0 saturated carbocycles. The van der Waals surface area contributed by atoms with Crippen LogP contribution in [0.5, 0.6) is 11.5 Å². The maximum absolute atomic E-state index is 13.8. The summed E-state index contributed by atoms with van der Waals surface area (Å²) in [7, 11) is 0. The number of pyridine rings is 1. The van der Waals surface area contributed by atoms with E-state index in [1.807, 2.05) is 13.0 Å². The fourth-order valence-electron chi connectivity index (χ4n) is 1.54. The van der Waals surface area contributed by atoms with Crippen LogP contribution in [0.4, 0.5) is 4.39 Å². The van der Waals surface area contributed by atoms with E-state index >= 15 is 0 Å². The summed E-state index contributed by atoms with van der Waals surface area (Å²) in [6, 6.07) is 8.44. The van der Waals surface area contributed by atoms with Gasteiger partial charge in [0.05, 0.1) is 6.20 Å². The zero-order valence-corrected chi connectivity index (χ0v) is 10.2. The molecule has 0 saturated heterocycles. The summed E-state index contributed by atoms with van der Waals surface area (Å²) in [5, 5.41) is 3.14. The minimum absolute atomic E-state index is 0.211. The minimum Gasteiger partial charge on any atom is -0.453 e. The van der Waals surface area contributed by atoms with E-state index in [1.54, 1.807) is 30.6 Å². The van der Waals surface area contributed by atoms with Crippen LogP contribution in [-0.2, 0) is 6.54 Å². The summed E-state index contributed by atoms with van der Waals surface area (Å²) < 4.78 is 19.2. The number of nitrogens with zero attached hydrogens (tertiary/aromatic N) is 1. The number of nitrogens with one attached hydrogen (secondary N) is 1. The van der Waals surface area contributed by atoms with Crippen molar-refractivity contribution in [2.24, 2.45) is 0 Å². The summed E-state index contributed by atoms with van der Waals surface area (Å²) >= 11 is 0. The van der Waals surface area contributed by atoms with Crippen molar-refractivity contribution < 1.29 is 9.13 Å². The van der Waals surface area contributed by atoms with Gasteiger partial charge in [0.15, 0.2) is 11.6 Å². The van der Waals surface area contributed by atoms with Crippen LogP contribution in [-0.4, -0.2) is 11.5 Å². The van der Waals surface area contributed by atoms with E-state index in [-0.39, 0.29) is 11.6 Å². The molecule has 0 amide bonds. The molecule has 0 radical (unpaired) electrons. The first-order chi connectivity index (χ1) is 8.79. The Labute approximate surface area is 106 Å². The Balaban J connectivity index is 2.10. The van der Waals surface area contributed by atoms with Gasteiger partial charge in [-0.1, -0.05) is 13.0 Å². The molecule has 0 aliphatic rings. The first kappa shape index (κ1) is 12.5. The molecular formula is C14H15FN2O. The number of rotatable bonds is 5. The molecule has 2 rings (SSSR count). The van der Waals surface area contributed by atoms with Crippen molar-refractivity contribution in [2.75, 3.05) is 6.54 Å². The topological polar surface area (TPSA) is 34.1 Å². The molecule has 4 heteroatoms. The fourth-order valence-corrected chi connectivity index (χ4v) is 1.54. The zero-order valence-electron chi connectivity index (χ0n) is 10.2. The molecule has 3 nitrogen and oxygen atoms in total. The average molecular weight is 246 g/mol. The molecule has 2 aromatic rings. The standard InChI is InChI=1S/C14H15FN2O/c1-2-16-9-11-5-6-14(13(15)8-11)18-12-4-3-7-17-10-12/h3-8,10,16H,2,9H2,1H3. The molecule has 94 valence electrons. The van der Waals surface area contributed by atoms with Crippen LogP contribution in [0.25, 0.3) is 0 Å². The Kier molecular flexibility index (Phi) is 4.25. The van der Waals surface area contributed by atoms with Crippen molar-refractivity contribution in [3.63, 3.8) is 0 Å². The molecule has 1 aromatic heterocycles. The maximum atomic E-state index is 13.8. The molecule has 18 heavy (non-hydrogen) atoms. The molecule has 0 aliphatic carbocycles. The van der Waals surface area contributed by atoms with E-state index in [2.05, 4.69) is 10.3 Å². The quantitative estimate of drug-likeness (QED) is 0.880. The van der Waals surface area contributed by atoms with Crippen molar-refractivity contribution in [1.29, 1.82) is 0 Å². The van der Waals surface area contributed by atoms with Crippen molar-refractivity contribution in [2.45, 2.75) is 13.5 Å². The maximum Gasteiger partial charge on any atom is 0.166 e. The van der Waals surface area contributed by atoms with Crippen molar-refractivity contribution in [3.05, 3.63) is 54.1 Å². The highest BCUT2D eigenvalue weighted by molar-refractivity contribution is 5.33. The van der Waals surface area contributed by atoms with E-state index in [0.29, 0.717) is 12.3 Å². The van der Waals surface area contributed by atoms with Gasteiger partial charge in [0.2, 0.25) is 0 Å². The summed E-state index contributed by atoms with van der Waals surface area (Å²) in [6.45, 7) is 3.52. The third-order valence-corrected chi connectivity index (χ3v) is 2.44. The van der Waals surface area contributed by atoms with Gasteiger partial charge >= 0.3 is 0 Å². The lowest BCUT2D eigenvalue weighted by atomic mass is 10.2. The monoisotopic (exact) mass is 246 g/mol. The fraction of sp³-hybridized carbons (Fsp3) is 0.214. The number of aromatic nitrogens is 1. The Morgan fingerprint density at radius 1 is 1.33 bits per heavy atom. The van der Waals surface area contributed by atoms with Crippen molar-refractivity contribution in [3.8, 4) is 11.5 Å². The van der Waals surface area contributed by atoms with Gasteiger partial charge in [-0.25, -0.2) is 4.39 Å². The lowest BCUT2D eigenvalue weighted by Gasteiger charge is -2.08. The van der Waals surface area contributed by atoms with Gasteiger partial charge in [-0.3, -0.25) is 4.98 Å². The Morgan fingerprint density at radius 3 is 2.89 bits per heavy atom. The summed E-state index contributed by atoms with van der Waals surface area (Å²) in [4.78, 5) is 3.91. The number of halogens is 1. The number of benzene rings is 1. The van der Waals surface area contributed by atoms with E-state index in [4.69, 9.17) is 4.74 Å². The highest BCUT2D eigenvalue weighted by Crippen LogP contribution is 2.24. The number of hydrogen-bond donors (Lipinski definition) is 1. The minimum atomic E-state index is -0.366. The lowest BCUT2D eigenvalue weighted by molar-refractivity contribution is 0.440. The lowest BCUT2D eigenvalue weighted by Crippen LogP contribution is -2.11. The highest BCUT2D eigenvalue weighted by atomic mass is 19.1. The second-order valence-electron chi connectivity index (χ2n) is 3.84. The molecule has 0 aliphatic heterocycles. The van der Waals surface area contributed by atoms with Gasteiger partial charge in [0.1, 0.15) is 5.75 Å². The van der Waals surface area contributed by atoms with E-state index in [1.165, 1.54) is 6.07 Å². The first-order valence-electron chi connectivity index (χ1n) is 5.86. The molecule has 0 bridgehead atoms. The number of ether oxygens (including phenoxy) is 1. The Morgan fingerprint density at radius 2 is 2.22 bits per heavy atom. The van der Waals surface area contributed by atoms with Gasteiger partial charge in [-0.2, -0.15) is 0 Å². The van der Waals surface area contributed by atoms with Crippen LogP contribution in [0, 0.1) is 5.82 Å². The molecule has 1 heterocycles. The molecule has 1 N–H and O–H groups in total. The van der Waals surface area contributed by atoms with Crippen LogP contribution >= 0.6 is 0 Å². The molecular weight excluding hydrogens is 231 g/mol. The van der Waals surface area contributed by atoms with Crippen LogP contribution in [0.1, 0.15) is 12.5 Å². The molecule has 0 fully saturated rings. The predicted octanol–water partition coefficient (Wildman–Crippen LogP) is 3.12. The van der Waals surface area contributed by atoms with Gasteiger partial charge in [0.25, 0.3) is 0 Å². The van der Waals surface area contributed by atoms with E-state index in [0.717, 1.165) is 12.1 Å². The largest absolute Gasteiger partial charge is 0.453 e.